The minimum atomic E-state index is 0.261. The zero-order chi connectivity index (χ0) is 15.9. The Morgan fingerprint density at radius 3 is 3.00 bits per heavy atom. The second-order valence-electron chi connectivity index (χ2n) is 6.36. The van der Waals surface area contributed by atoms with E-state index in [4.69, 9.17) is 4.74 Å². The molecule has 3 rings (SSSR count). The molecule has 0 saturated carbocycles. The van der Waals surface area contributed by atoms with Gasteiger partial charge >= 0.3 is 0 Å². The fourth-order valence-corrected chi connectivity index (χ4v) is 3.41. The molecule has 1 aromatic carbocycles. The van der Waals surface area contributed by atoms with Gasteiger partial charge in [-0.05, 0) is 31.4 Å². The molecule has 2 aliphatic rings. The van der Waals surface area contributed by atoms with Crippen molar-refractivity contribution in [2.75, 3.05) is 39.8 Å². The van der Waals surface area contributed by atoms with Gasteiger partial charge in [-0.15, -0.1) is 0 Å². The number of fused-ring (bicyclic) bond motifs is 1. The quantitative estimate of drug-likeness (QED) is 0.634. The maximum atomic E-state index is 5.97. The van der Waals surface area contributed by atoms with E-state index in [1.807, 2.05) is 13.1 Å². The number of benzene rings is 1. The summed E-state index contributed by atoms with van der Waals surface area (Å²) in [6.45, 7) is 4.84. The summed E-state index contributed by atoms with van der Waals surface area (Å²) in [5, 5.41) is 6.77. The van der Waals surface area contributed by atoms with Crippen LogP contribution in [-0.4, -0.2) is 62.8 Å². The van der Waals surface area contributed by atoms with Gasteiger partial charge in [-0.2, -0.15) is 0 Å². The van der Waals surface area contributed by atoms with E-state index in [1.165, 1.54) is 24.9 Å². The van der Waals surface area contributed by atoms with Crippen molar-refractivity contribution in [2.24, 2.45) is 4.99 Å². The van der Waals surface area contributed by atoms with E-state index >= 15 is 0 Å². The van der Waals surface area contributed by atoms with Crippen LogP contribution in [0.3, 0.4) is 0 Å². The second kappa shape index (κ2) is 8.31. The molecule has 126 valence electrons. The van der Waals surface area contributed by atoms with Gasteiger partial charge in [0.1, 0.15) is 0 Å². The number of nitrogens with zero attached hydrogens (tertiary/aromatic N) is 2. The summed E-state index contributed by atoms with van der Waals surface area (Å²) in [6.07, 6.45) is 3.87. The number of hydrogen-bond donors (Lipinski definition) is 2. The Morgan fingerprint density at radius 1 is 1.30 bits per heavy atom. The lowest BCUT2D eigenvalue weighted by Crippen LogP contribution is -2.51. The van der Waals surface area contributed by atoms with Crippen LogP contribution in [0.4, 0.5) is 0 Å². The summed E-state index contributed by atoms with van der Waals surface area (Å²) < 4.78 is 5.97. The SMILES string of the molecule is CN=C(NCCc1ccccc1)NCC1CN2CCCC2CO1. The zero-order valence-corrected chi connectivity index (χ0v) is 14.0. The summed E-state index contributed by atoms with van der Waals surface area (Å²) in [6, 6.07) is 11.2. The average molecular weight is 316 g/mol. The molecule has 0 spiro atoms. The first-order valence-corrected chi connectivity index (χ1v) is 8.69. The first kappa shape index (κ1) is 16.3. The Balaban J connectivity index is 1.36. The van der Waals surface area contributed by atoms with Gasteiger partial charge in [-0.1, -0.05) is 30.3 Å². The molecule has 2 heterocycles. The largest absolute Gasteiger partial charge is 0.373 e. The topological polar surface area (TPSA) is 48.9 Å². The van der Waals surface area contributed by atoms with Crippen molar-refractivity contribution in [3.05, 3.63) is 35.9 Å². The number of ether oxygens (including phenoxy) is 1. The molecule has 23 heavy (non-hydrogen) atoms. The van der Waals surface area contributed by atoms with Crippen LogP contribution in [0.1, 0.15) is 18.4 Å². The molecule has 2 atom stereocenters. The van der Waals surface area contributed by atoms with Gasteiger partial charge in [-0.3, -0.25) is 9.89 Å². The molecule has 0 aromatic heterocycles. The van der Waals surface area contributed by atoms with Crippen molar-refractivity contribution in [1.82, 2.24) is 15.5 Å². The highest BCUT2D eigenvalue weighted by molar-refractivity contribution is 5.79. The van der Waals surface area contributed by atoms with Crippen LogP contribution in [0, 0.1) is 0 Å². The summed E-state index contributed by atoms with van der Waals surface area (Å²) in [5.74, 6) is 0.855. The fourth-order valence-electron chi connectivity index (χ4n) is 3.41. The molecule has 2 fully saturated rings. The van der Waals surface area contributed by atoms with Crippen LogP contribution in [0.25, 0.3) is 0 Å². The van der Waals surface area contributed by atoms with E-state index in [-0.39, 0.29) is 6.10 Å². The highest BCUT2D eigenvalue weighted by Crippen LogP contribution is 2.22. The van der Waals surface area contributed by atoms with Crippen LogP contribution < -0.4 is 10.6 Å². The molecule has 5 heteroatoms. The number of rotatable bonds is 5. The van der Waals surface area contributed by atoms with Crippen molar-refractivity contribution in [1.29, 1.82) is 0 Å². The molecule has 2 aliphatic heterocycles. The Bertz CT molecular complexity index is 505. The highest BCUT2D eigenvalue weighted by atomic mass is 16.5. The van der Waals surface area contributed by atoms with Gasteiger partial charge in [0.25, 0.3) is 0 Å². The van der Waals surface area contributed by atoms with Gasteiger partial charge in [-0.25, -0.2) is 0 Å². The van der Waals surface area contributed by atoms with Gasteiger partial charge in [0.2, 0.25) is 0 Å². The lowest BCUT2D eigenvalue weighted by atomic mass is 10.1. The van der Waals surface area contributed by atoms with Crippen LogP contribution in [-0.2, 0) is 11.2 Å². The monoisotopic (exact) mass is 316 g/mol. The van der Waals surface area contributed by atoms with E-state index in [2.05, 4.69) is 44.8 Å². The van der Waals surface area contributed by atoms with E-state index in [9.17, 15) is 0 Å². The lowest BCUT2D eigenvalue weighted by molar-refractivity contribution is -0.0453. The van der Waals surface area contributed by atoms with Crippen molar-refractivity contribution < 1.29 is 4.74 Å². The predicted molar refractivity (Wildman–Crippen MR) is 93.8 cm³/mol. The third-order valence-electron chi connectivity index (χ3n) is 4.73. The number of morpholine rings is 1. The molecule has 2 N–H and O–H groups in total. The molecule has 0 bridgehead atoms. The standard InChI is InChI=1S/C18H28N4O/c1-19-18(20-10-9-15-6-3-2-4-7-15)21-12-17-13-22-11-5-8-16(22)14-23-17/h2-4,6-7,16-17H,5,8-14H2,1H3,(H2,19,20,21). The van der Waals surface area contributed by atoms with Crippen LogP contribution in [0.5, 0.6) is 0 Å². The number of aliphatic imine (C=N–C) groups is 1. The first-order chi connectivity index (χ1) is 11.3. The minimum absolute atomic E-state index is 0.261. The molecule has 0 radical (unpaired) electrons. The smallest absolute Gasteiger partial charge is 0.191 e. The van der Waals surface area contributed by atoms with Gasteiger partial charge in [0.05, 0.1) is 12.7 Å². The zero-order valence-electron chi connectivity index (χ0n) is 14.0. The van der Waals surface area contributed by atoms with Crippen molar-refractivity contribution in [2.45, 2.75) is 31.4 Å². The molecular formula is C18H28N4O. The van der Waals surface area contributed by atoms with E-state index < -0.39 is 0 Å². The highest BCUT2D eigenvalue weighted by Gasteiger charge is 2.31. The average Bonchev–Trinajstić information content (AvgIpc) is 3.06. The predicted octanol–water partition coefficient (Wildman–Crippen LogP) is 1.26. The minimum Gasteiger partial charge on any atom is -0.373 e. The lowest BCUT2D eigenvalue weighted by Gasteiger charge is -2.35. The molecule has 1 aromatic rings. The Kier molecular flexibility index (Phi) is 5.88. The van der Waals surface area contributed by atoms with Crippen LogP contribution in [0.2, 0.25) is 0 Å². The van der Waals surface area contributed by atoms with E-state index in [1.54, 1.807) is 0 Å². The van der Waals surface area contributed by atoms with E-state index in [0.717, 1.165) is 38.6 Å². The Hall–Kier alpha value is -1.59. The third-order valence-corrected chi connectivity index (χ3v) is 4.73. The van der Waals surface area contributed by atoms with Crippen molar-refractivity contribution in [3.63, 3.8) is 0 Å². The van der Waals surface area contributed by atoms with Gasteiger partial charge < -0.3 is 15.4 Å². The summed E-state index contributed by atoms with van der Waals surface area (Å²) in [4.78, 5) is 6.87. The Morgan fingerprint density at radius 2 is 2.17 bits per heavy atom. The van der Waals surface area contributed by atoms with Crippen LogP contribution in [0.15, 0.2) is 35.3 Å². The van der Waals surface area contributed by atoms with Gasteiger partial charge in [0.15, 0.2) is 5.96 Å². The number of guanidine groups is 1. The van der Waals surface area contributed by atoms with Gasteiger partial charge in [0, 0.05) is 32.7 Å². The molecule has 2 unspecified atom stereocenters. The second-order valence-corrected chi connectivity index (χ2v) is 6.36. The third kappa shape index (κ3) is 4.69. The van der Waals surface area contributed by atoms with Crippen molar-refractivity contribution in [3.8, 4) is 0 Å². The first-order valence-electron chi connectivity index (χ1n) is 8.69. The summed E-state index contributed by atoms with van der Waals surface area (Å²) >= 11 is 0. The molecule has 2 saturated heterocycles. The summed E-state index contributed by atoms with van der Waals surface area (Å²) in [7, 11) is 1.82. The Labute approximate surface area is 139 Å². The van der Waals surface area contributed by atoms with Crippen molar-refractivity contribution >= 4 is 5.96 Å². The number of hydrogen-bond acceptors (Lipinski definition) is 3. The molecule has 5 nitrogen and oxygen atoms in total. The number of nitrogens with one attached hydrogen (secondary N) is 2. The fraction of sp³-hybridized carbons (Fsp3) is 0.611. The molecule has 0 amide bonds. The molecule has 0 aliphatic carbocycles. The van der Waals surface area contributed by atoms with Crippen LogP contribution >= 0.6 is 0 Å². The van der Waals surface area contributed by atoms with E-state index in [0.29, 0.717) is 6.04 Å². The maximum absolute atomic E-state index is 5.97. The molecular weight excluding hydrogens is 288 g/mol. The normalized spacial score (nSPS) is 25.2. The summed E-state index contributed by atoms with van der Waals surface area (Å²) in [5.41, 5.74) is 1.34. The maximum Gasteiger partial charge on any atom is 0.191 e.